The topological polar surface area (TPSA) is 327 Å². The number of rotatable bonds is 27. The molecule has 20 nitrogen and oxygen atoms in total. The second kappa shape index (κ2) is 25.8. The third-order valence-corrected chi connectivity index (χ3v) is 9.14. The van der Waals surface area contributed by atoms with Crippen molar-refractivity contribution in [3.63, 3.8) is 0 Å². The summed E-state index contributed by atoms with van der Waals surface area (Å²) in [6.07, 6.45) is -2.26. The van der Waals surface area contributed by atoms with E-state index in [4.69, 9.17) is 15.2 Å². The molecule has 1 rings (SSSR count). The van der Waals surface area contributed by atoms with Crippen molar-refractivity contribution in [3.8, 4) is 0 Å². The molecule has 0 bridgehead atoms. The van der Waals surface area contributed by atoms with Gasteiger partial charge in [0, 0.05) is 25.8 Å². The molecule has 334 valence electrons. The zero-order chi connectivity index (χ0) is 45.7. The zero-order valence-corrected chi connectivity index (χ0v) is 35.0. The van der Waals surface area contributed by atoms with Crippen LogP contribution in [-0.4, -0.2) is 123 Å². The molecule has 0 aliphatic carbocycles. The van der Waals surface area contributed by atoms with E-state index in [0.717, 1.165) is 5.56 Å². The van der Waals surface area contributed by atoms with Crippen LogP contribution in [0, 0.1) is 18.3 Å². The van der Waals surface area contributed by atoms with Gasteiger partial charge in [-0.05, 0) is 55.0 Å². The Morgan fingerprint density at radius 2 is 1.22 bits per heavy atom. The lowest BCUT2D eigenvalue weighted by atomic mass is 9.84. The van der Waals surface area contributed by atoms with Gasteiger partial charge in [-0.1, -0.05) is 65.3 Å². The van der Waals surface area contributed by atoms with Crippen molar-refractivity contribution in [3.05, 3.63) is 35.4 Å². The largest absolute Gasteiger partial charge is 0.481 e. The lowest BCUT2D eigenvalue weighted by molar-refractivity contribution is -0.142. The first-order valence-electron chi connectivity index (χ1n) is 19.8. The summed E-state index contributed by atoms with van der Waals surface area (Å²) in [7, 11) is -1.47. The first-order chi connectivity index (χ1) is 27.9. The number of aliphatic carboxylic acids is 3. The highest BCUT2D eigenvalue weighted by Gasteiger charge is 2.38. The molecule has 0 radical (unpaired) electrons. The van der Waals surface area contributed by atoms with Crippen molar-refractivity contribution in [2.24, 2.45) is 11.3 Å². The van der Waals surface area contributed by atoms with E-state index in [1.165, 1.54) is 0 Å². The third kappa shape index (κ3) is 20.9. The van der Waals surface area contributed by atoms with Crippen molar-refractivity contribution in [2.45, 2.75) is 136 Å². The minimum atomic E-state index is -1.79. The molecule has 0 saturated heterocycles. The molecule has 6 amide bonds. The molecule has 21 heteroatoms. The Hall–Kier alpha value is -5.57. The predicted molar refractivity (Wildman–Crippen MR) is 217 cm³/mol. The van der Waals surface area contributed by atoms with E-state index in [1.54, 1.807) is 52.0 Å². The van der Waals surface area contributed by atoms with E-state index in [2.05, 4.69) is 31.9 Å². The standard InChI is InChI=1S/C39H61BN6O14/c1-22(2)19-26(34(54)41-18-10-9-17-40(59)60)45-38(58)33(39(4,5)6)46-37(57)27(20-24-12-8-7-11-23(24)3)44-35(55)25(13-15-30(48)49)43-36(56)28(21-32(52)53)42-29(47)14-16-31(50)51/h7-8,11-12,22,25-28,33,59-60H,9-10,13-21H2,1-6H3,(H,41,54)(H,42,47)(H,43,56)(H,44,55)(H,45,58)(H,46,57)(H,48,49)(H,50,51)(H,52,53)/t25-,26?,27-,28-,33+/m0/s1. The number of carboxylic acid groups (broad SMARTS) is 3. The Morgan fingerprint density at radius 1 is 0.650 bits per heavy atom. The van der Waals surface area contributed by atoms with Gasteiger partial charge in [0.15, 0.2) is 0 Å². The summed E-state index contributed by atoms with van der Waals surface area (Å²) in [4.78, 5) is 115. The van der Waals surface area contributed by atoms with Crippen LogP contribution in [0.4, 0.5) is 0 Å². The van der Waals surface area contributed by atoms with Crippen molar-refractivity contribution in [2.75, 3.05) is 6.54 Å². The zero-order valence-electron chi connectivity index (χ0n) is 35.0. The lowest BCUT2D eigenvalue weighted by Gasteiger charge is -2.33. The Bertz CT molecular complexity index is 1670. The van der Waals surface area contributed by atoms with Gasteiger partial charge in [-0.15, -0.1) is 0 Å². The first-order valence-corrected chi connectivity index (χ1v) is 19.8. The van der Waals surface area contributed by atoms with Crippen LogP contribution in [0.25, 0.3) is 0 Å². The highest BCUT2D eigenvalue weighted by molar-refractivity contribution is 6.40. The number of carbonyl (C=O) groups is 9. The van der Waals surface area contributed by atoms with Gasteiger partial charge in [-0.3, -0.25) is 43.2 Å². The molecule has 60 heavy (non-hydrogen) atoms. The average molecular weight is 849 g/mol. The number of benzene rings is 1. The summed E-state index contributed by atoms with van der Waals surface area (Å²) in [5.74, 6) is -9.50. The van der Waals surface area contributed by atoms with E-state index in [-0.39, 0.29) is 31.6 Å². The fraction of sp³-hybridized carbons (Fsp3) is 0.615. The second-order valence-corrected chi connectivity index (χ2v) is 16.1. The van der Waals surface area contributed by atoms with E-state index >= 15 is 0 Å². The van der Waals surface area contributed by atoms with Gasteiger partial charge < -0.3 is 57.3 Å². The van der Waals surface area contributed by atoms with E-state index in [1.807, 2.05) is 13.8 Å². The number of hydrogen-bond donors (Lipinski definition) is 11. The maximum atomic E-state index is 14.2. The van der Waals surface area contributed by atoms with Gasteiger partial charge >= 0.3 is 25.0 Å². The molecule has 0 aliphatic rings. The normalized spacial score (nSPS) is 13.7. The van der Waals surface area contributed by atoms with Crippen molar-refractivity contribution in [1.29, 1.82) is 0 Å². The van der Waals surface area contributed by atoms with Crippen LogP contribution in [0.5, 0.6) is 0 Å². The van der Waals surface area contributed by atoms with Crippen LogP contribution < -0.4 is 31.9 Å². The van der Waals surface area contributed by atoms with Crippen molar-refractivity contribution in [1.82, 2.24) is 31.9 Å². The van der Waals surface area contributed by atoms with Crippen LogP contribution in [0.1, 0.15) is 97.1 Å². The number of amides is 6. The van der Waals surface area contributed by atoms with E-state index in [9.17, 15) is 53.4 Å². The van der Waals surface area contributed by atoms with Crippen molar-refractivity contribution < 1.29 is 68.5 Å². The Morgan fingerprint density at radius 3 is 1.77 bits per heavy atom. The molecule has 1 aromatic carbocycles. The van der Waals surface area contributed by atoms with Crippen LogP contribution in [0.3, 0.4) is 0 Å². The smallest absolute Gasteiger partial charge is 0.451 e. The molecule has 1 unspecified atom stereocenters. The highest BCUT2D eigenvalue weighted by atomic mass is 16.4. The van der Waals surface area contributed by atoms with Gasteiger partial charge in [0.1, 0.15) is 30.2 Å². The summed E-state index contributed by atoms with van der Waals surface area (Å²) >= 11 is 0. The maximum Gasteiger partial charge on any atom is 0.451 e. The van der Waals surface area contributed by atoms with Gasteiger partial charge in [-0.2, -0.15) is 0 Å². The summed E-state index contributed by atoms with van der Waals surface area (Å²) in [6, 6.07) is -0.291. The average Bonchev–Trinajstić information content (AvgIpc) is 3.13. The Labute approximate surface area is 349 Å². The van der Waals surface area contributed by atoms with E-state index < -0.39 is 128 Å². The molecular formula is C39H61BN6O14. The molecule has 0 fully saturated rings. The molecular weight excluding hydrogens is 787 g/mol. The summed E-state index contributed by atoms with van der Waals surface area (Å²) in [5.41, 5.74) is 0.372. The molecule has 5 atom stereocenters. The second-order valence-electron chi connectivity index (χ2n) is 16.1. The number of aryl methyl sites for hydroxylation is 1. The molecule has 0 saturated carbocycles. The van der Waals surface area contributed by atoms with E-state index in [0.29, 0.717) is 18.4 Å². The molecule has 1 aromatic rings. The van der Waals surface area contributed by atoms with Gasteiger partial charge in [0.05, 0.1) is 12.8 Å². The quantitative estimate of drug-likeness (QED) is 0.0398. The minimum Gasteiger partial charge on any atom is -0.481 e. The maximum absolute atomic E-state index is 14.2. The number of carbonyl (C=O) groups excluding carboxylic acids is 6. The monoisotopic (exact) mass is 848 g/mol. The number of carboxylic acids is 3. The fourth-order valence-corrected chi connectivity index (χ4v) is 5.88. The van der Waals surface area contributed by atoms with Crippen LogP contribution in [0.2, 0.25) is 6.32 Å². The highest BCUT2D eigenvalue weighted by Crippen LogP contribution is 2.21. The minimum absolute atomic E-state index is 0.0378. The lowest BCUT2D eigenvalue weighted by Crippen LogP contribution is -2.62. The van der Waals surface area contributed by atoms with Crippen LogP contribution in [-0.2, 0) is 49.6 Å². The molecule has 0 spiro atoms. The van der Waals surface area contributed by atoms with Crippen LogP contribution >= 0.6 is 0 Å². The van der Waals surface area contributed by atoms with Crippen LogP contribution in [0.15, 0.2) is 24.3 Å². The Balaban J connectivity index is 3.47. The van der Waals surface area contributed by atoms with Gasteiger partial charge in [-0.25, -0.2) is 0 Å². The summed E-state index contributed by atoms with van der Waals surface area (Å²) < 4.78 is 0. The number of nitrogens with one attached hydrogen (secondary N) is 6. The number of unbranched alkanes of at least 4 members (excludes halogenated alkanes) is 1. The number of hydrogen-bond acceptors (Lipinski definition) is 11. The molecule has 0 heterocycles. The predicted octanol–water partition coefficient (Wildman–Crippen LogP) is -0.373. The molecule has 11 N–H and O–H groups in total. The summed E-state index contributed by atoms with van der Waals surface area (Å²) in [5, 5.41) is 60.9. The van der Waals surface area contributed by atoms with Gasteiger partial charge in [0.25, 0.3) is 0 Å². The third-order valence-electron chi connectivity index (χ3n) is 9.14. The SMILES string of the molecule is Cc1ccccc1C[C@H](NC(=O)[C@H](CCC(=O)O)NC(=O)[C@H](CC(=O)O)NC(=O)CCC(=O)O)C(=O)N[C@H](C(=O)NC(CC(C)C)C(=O)NCCCCB(O)O)C(C)(C)C. The fourth-order valence-electron chi connectivity index (χ4n) is 5.88. The Kier molecular flexibility index (Phi) is 22.6. The molecule has 0 aliphatic heterocycles. The first kappa shape index (κ1) is 52.5. The summed E-state index contributed by atoms with van der Waals surface area (Å²) in [6.45, 7) is 10.7. The van der Waals surface area contributed by atoms with Gasteiger partial charge in [0.2, 0.25) is 35.4 Å². The molecule has 0 aromatic heterocycles. The van der Waals surface area contributed by atoms with Crippen molar-refractivity contribution >= 4 is 60.5 Å².